The quantitative estimate of drug-likeness (QED) is 0.547. The van der Waals surface area contributed by atoms with E-state index in [1.807, 2.05) is 25.7 Å². The zero-order valence-corrected chi connectivity index (χ0v) is 24.9. The van der Waals surface area contributed by atoms with Gasteiger partial charge in [-0.3, -0.25) is 15.0 Å². The van der Waals surface area contributed by atoms with Crippen molar-refractivity contribution in [3.8, 4) is 0 Å². The number of urea groups is 1. The molecule has 41 heavy (non-hydrogen) atoms. The van der Waals surface area contributed by atoms with Crippen molar-refractivity contribution >= 4 is 34.8 Å². The molecule has 10 nitrogen and oxygen atoms in total. The molecule has 222 valence electrons. The Morgan fingerprint density at radius 3 is 2.37 bits per heavy atom. The maximum absolute atomic E-state index is 12.5. The second-order valence-electron chi connectivity index (χ2n) is 13.4. The summed E-state index contributed by atoms with van der Waals surface area (Å²) in [5, 5.41) is 3.56. The molecule has 5 heterocycles. The molecule has 10 heteroatoms. The first-order valence-corrected chi connectivity index (χ1v) is 15.4. The number of nitrogens with zero attached hydrogens (tertiary/aromatic N) is 5. The minimum atomic E-state index is -0.459. The van der Waals surface area contributed by atoms with Crippen LogP contribution >= 0.6 is 0 Å². The number of carbonyl (C=O) groups excluding carboxylic acids is 3. The standard InChI is InChI=1S/C31H44N6O4/c1-20(21-7-12-35(13-8-21)30(40)41-31(2,3)4)34-14-9-23(10-15-34)37-19-26(22-5-6-22)25-17-24(18-32-28(25)37)36-16-11-27(38)33-29(36)39/h17-23H,5-16H2,1-4H3,(H,33,38,39). The molecule has 2 aromatic heterocycles. The van der Waals surface area contributed by atoms with Gasteiger partial charge in [0, 0.05) is 62.8 Å². The summed E-state index contributed by atoms with van der Waals surface area (Å²) in [6, 6.07) is 2.62. The first kappa shape index (κ1) is 28.0. The molecule has 0 bridgehead atoms. The number of hydrogen-bond acceptors (Lipinski definition) is 6. The fourth-order valence-corrected chi connectivity index (χ4v) is 6.86. The van der Waals surface area contributed by atoms with E-state index in [2.05, 4.69) is 34.0 Å². The van der Waals surface area contributed by atoms with E-state index in [1.165, 1.54) is 18.4 Å². The van der Waals surface area contributed by atoms with E-state index < -0.39 is 5.60 Å². The first-order valence-electron chi connectivity index (χ1n) is 15.4. The van der Waals surface area contributed by atoms with Gasteiger partial charge in [-0.2, -0.15) is 0 Å². The van der Waals surface area contributed by atoms with E-state index in [4.69, 9.17) is 9.72 Å². The Labute approximate surface area is 242 Å². The number of imide groups is 1. The van der Waals surface area contributed by atoms with Gasteiger partial charge in [0.1, 0.15) is 11.2 Å². The number of fused-ring (bicyclic) bond motifs is 1. The van der Waals surface area contributed by atoms with E-state index in [-0.39, 0.29) is 18.0 Å². The lowest BCUT2D eigenvalue weighted by molar-refractivity contribution is -0.120. The lowest BCUT2D eigenvalue weighted by Gasteiger charge is -2.42. The third-order valence-electron chi connectivity index (χ3n) is 9.41. The number of hydrogen-bond donors (Lipinski definition) is 1. The maximum atomic E-state index is 12.5. The molecule has 1 atom stereocenters. The molecule has 3 saturated heterocycles. The van der Waals surface area contributed by atoms with Crippen LogP contribution in [-0.4, -0.2) is 81.7 Å². The third kappa shape index (κ3) is 5.94. The van der Waals surface area contributed by atoms with Crippen LogP contribution in [0, 0.1) is 5.92 Å². The average Bonchev–Trinajstić information content (AvgIpc) is 3.72. The Kier molecular flexibility index (Phi) is 7.46. The van der Waals surface area contributed by atoms with Crippen LogP contribution in [0.4, 0.5) is 15.3 Å². The summed E-state index contributed by atoms with van der Waals surface area (Å²) in [5.41, 5.74) is 2.64. The summed E-state index contributed by atoms with van der Waals surface area (Å²) in [4.78, 5) is 47.6. The number of nitrogens with one attached hydrogen (secondary N) is 1. The van der Waals surface area contributed by atoms with Crippen LogP contribution in [0.15, 0.2) is 18.5 Å². The van der Waals surface area contributed by atoms with Crippen LogP contribution in [-0.2, 0) is 9.53 Å². The summed E-state index contributed by atoms with van der Waals surface area (Å²) in [7, 11) is 0. The van der Waals surface area contributed by atoms with E-state index in [0.717, 1.165) is 68.6 Å². The number of rotatable bonds is 5. The molecule has 4 amide bonds. The van der Waals surface area contributed by atoms with Crippen LogP contribution in [0.25, 0.3) is 11.0 Å². The maximum Gasteiger partial charge on any atom is 0.410 e. The molecule has 0 spiro atoms. The minimum Gasteiger partial charge on any atom is -0.444 e. The van der Waals surface area contributed by atoms with Crippen molar-refractivity contribution in [2.24, 2.45) is 5.92 Å². The van der Waals surface area contributed by atoms with Gasteiger partial charge in [0.15, 0.2) is 0 Å². The zero-order valence-electron chi connectivity index (χ0n) is 24.9. The molecule has 6 rings (SSSR count). The van der Waals surface area contributed by atoms with Gasteiger partial charge in [-0.25, -0.2) is 14.6 Å². The molecule has 1 N–H and O–H groups in total. The van der Waals surface area contributed by atoms with Crippen LogP contribution in [0.2, 0.25) is 0 Å². The molecular weight excluding hydrogens is 520 g/mol. The smallest absolute Gasteiger partial charge is 0.410 e. The SMILES string of the molecule is CC(C1CCN(C(=O)OC(C)(C)C)CC1)N1CCC(n2cc(C3CC3)c3cc(N4CCC(=O)NC4=O)cnc32)CC1. The normalized spacial score (nSPS) is 22.7. The summed E-state index contributed by atoms with van der Waals surface area (Å²) in [6.07, 6.45) is 10.8. The van der Waals surface area contributed by atoms with Crippen molar-refractivity contribution in [2.45, 2.75) is 96.2 Å². The largest absolute Gasteiger partial charge is 0.444 e. The Morgan fingerprint density at radius 1 is 1.02 bits per heavy atom. The number of piperidine rings is 2. The van der Waals surface area contributed by atoms with Crippen molar-refractivity contribution < 1.29 is 19.1 Å². The molecular formula is C31H44N6O4. The summed E-state index contributed by atoms with van der Waals surface area (Å²) in [6.45, 7) is 12.1. The molecule has 1 unspecified atom stereocenters. The number of carbonyl (C=O) groups is 3. The Bertz CT molecular complexity index is 1310. The molecule has 4 fully saturated rings. The number of ether oxygens (including phenoxy) is 1. The summed E-state index contributed by atoms with van der Waals surface area (Å²) < 4.78 is 7.97. The molecule has 1 saturated carbocycles. The van der Waals surface area contributed by atoms with Crippen molar-refractivity contribution in [1.29, 1.82) is 0 Å². The van der Waals surface area contributed by atoms with Crippen molar-refractivity contribution in [3.63, 3.8) is 0 Å². The van der Waals surface area contributed by atoms with Gasteiger partial charge in [0.2, 0.25) is 5.91 Å². The number of aromatic nitrogens is 2. The number of amides is 4. The summed E-state index contributed by atoms with van der Waals surface area (Å²) in [5.74, 6) is 0.928. The number of pyridine rings is 1. The Morgan fingerprint density at radius 2 is 1.73 bits per heavy atom. The van der Waals surface area contributed by atoms with E-state index >= 15 is 0 Å². The second kappa shape index (κ2) is 10.9. The average molecular weight is 565 g/mol. The predicted octanol–water partition coefficient (Wildman–Crippen LogP) is 5.03. The fraction of sp³-hybridized carbons (Fsp3) is 0.677. The highest BCUT2D eigenvalue weighted by atomic mass is 16.6. The van der Waals surface area contributed by atoms with E-state index in [1.54, 1.807) is 11.1 Å². The van der Waals surface area contributed by atoms with Crippen molar-refractivity contribution in [3.05, 3.63) is 24.0 Å². The van der Waals surface area contributed by atoms with Gasteiger partial charge in [-0.1, -0.05) is 0 Å². The highest BCUT2D eigenvalue weighted by Gasteiger charge is 2.35. The van der Waals surface area contributed by atoms with Gasteiger partial charge in [-0.15, -0.1) is 0 Å². The van der Waals surface area contributed by atoms with Gasteiger partial charge < -0.3 is 19.1 Å². The molecule has 3 aliphatic heterocycles. The van der Waals surface area contributed by atoms with Gasteiger partial charge >= 0.3 is 12.1 Å². The molecule has 0 aromatic carbocycles. The van der Waals surface area contributed by atoms with E-state index in [0.29, 0.717) is 36.9 Å². The van der Waals surface area contributed by atoms with Crippen molar-refractivity contribution in [1.82, 2.24) is 24.7 Å². The van der Waals surface area contributed by atoms with Gasteiger partial charge in [-0.05, 0) is 89.7 Å². The number of likely N-dealkylation sites (tertiary alicyclic amines) is 2. The highest BCUT2D eigenvalue weighted by Crippen LogP contribution is 2.45. The monoisotopic (exact) mass is 564 g/mol. The molecule has 1 aliphatic carbocycles. The lowest BCUT2D eigenvalue weighted by atomic mass is 9.88. The van der Waals surface area contributed by atoms with Crippen LogP contribution in [0.5, 0.6) is 0 Å². The first-order chi connectivity index (χ1) is 19.6. The summed E-state index contributed by atoms with van der Waals surface area (Å²) >= 11 is 0. The van der Waals surface area contributed by atoms with E-state index in [9.17, 15) is 14.4 Å². The predicted molar refractivity (Wildman–Crippen MR) is 157 cm³/mol. The van der Waals surface area contributed by atoms with Gasteiger partial charge in [0.25, 0.3) is 0 Å². The highest BCUT2D eigenvalue weighted by molar-refractivity contribution is 6.06. The second-order valence-corrected chi connectivity index (χ2v) is 13.4. The lowest BCUT2D eigenvalue weighted by Crippen LogP contribution is -2.49. The van der Waals surface area contributed by atoms with Crippen LogP contribution in [0.3, 0.4) is 0 Å². The van der Waals surface area contributed by atoms with Gasteiger partial charge in [0.05, 0.1) is 11.9 Å². The number of anilines is 1. The van der Waals surface area contributed by atoms with Crippen LogP contribution < -0.4 is 10.2 Å². The van der Waals surface area contributed by atoms with Crippen molar-refractivity contribution in [2.75, 3.05) is 37.6 Å². The molecule has 2 aromatic rings. The Balaban J connectivity index is 1.10. The fourth-order valence-electron chi connectivity index (χ4n) is 6.86. The minimum absolute atomic E-state index is 0.191. The topological polar surface area (TPSA) is 100 Å². The Hall–Kier alpha value is -3.14. The van der Waals surface area contributed by atoms with Crippen LogP contribution in [0.1, 0.15) is 90.2 Å². The zero-order chi connectivity index (χ0) is 28.9. The molecule has 0 radical (unpaired) electrons. The third-order valence-corrected chi connectivity index (χ3v) is 9.41. The molecule has 4 aliphatic rings.